The summed E-state index contributed by atoms with van der Waals surface area (Å²) in [4.78, 5) is 0.188. The van der Waals surface area contributed by atoms with E-state index in [1.54, 1.807) is 32.0 Å². The number of sulfone groups is 1. The van der Waals surface area contributed by atoms with Crippen molar-refractivity contribution in [3.63, 3.8) is 0 Å². The van der Waals surface area contributed by atoms with Gasteiger partial charge in [0.15, 0.2) is 9.84 Å². The second kappa shape index (κ2) is 5.62. The SMILES string of the molecule is Cc1ccc(S(=O)(=O)CCCC(C)(C)C#N)c(N)c1. The first-order valence-corrected chi connectivity index (χ1v) is 7.83. The Morgan fingerprint density at radius 2 is 2.00 bits per heavy atom. The third-order valence-electron chi connectivity index (χ3n) is 3.02. The topological polar surface area (TPSA) is 84.0 Å². The van der Waals surface area contributed by atoms with Crippen LogP contribution < -0.4 is 5.73 Å². The molecule has 0 heterocycles. The van der Waals surface area contributed by atoms with Gasteiger partial charge in [-0.15, -0.1) is 0 Å². The molecule has 0 spiro atoms. The lowest BCUT2D eigenvalue weighted by atomic mass is 9.90. The van der Waals surface area contributed by atoms with Crippen LogP contribution in [0.5, 0.6) is 0 Å². The van der Waals surface area contributed by atoms with Gasteiger partial charge >= 0.3 is 0 Å². The van der Waals surface area contributed by atoms with Gasteiger partial charge in [0.2, 0.25) is 0 Å². The summed E-state index contributed by atoms with van der Waals surface area (Å²) in [6.07, 6.45) is 1.00. The molecule has 0 aliphatic rings. The molecule has 0 saturated heterocycles. The second-order valence-electron chi connectivity index (χ2n) is 5.46. The van der Waals surface area contributed by atoms with E-state index in [0.717, 1.165) is 5.56 Å². The summed E-state index contributed by atoms with van der Waals surface area (Å²) in [6.45, 7) is 5.47. The molecule has 19 heavy (non-hydrogen) atoms. The normalized spacial score (nSPS) is 12.1. The van der Waals surface area contributed by atoms with Crippen LogP contribution in [-0.2, 0) is 9.84 Å². The lowest BCUT2D eigenvalue weighted by Gasteiger charge is -2.14. The highest BCUT2D eigenvalue weighted by Crippen LogP contribution is 2.25. The maximum atomic E-state index is 12.2. The van der Waals surface area contributed by atoms with Gasteiger partial charge in [0.25, 0.3) is 0 Å². The van der Waals surface area contributed by atoms with Gasteiger partial charge < -0.3 is 5.73 Å². The van der Waals surface area contributed by atoms with Crippen molar-refractivity contribution in [1.82, 2.24) is 0 Å². The zero-order chi connectivity index (χ0) is 14.7. The van der Waals surface area contributed by atoms with Crippen molar-refractivity contribution in [3.05, 3.63) is 23.8 Å². The highest BCUT2D eigenvalue weighted by molar-refractivity contribution is 7.91. The Morgan fingerprint density at radius 1 is 1.37 bits per heavy atom. The van der Waals surface area contributed by atoms with Gasteiger partial charge in [-0.25, -0.2) is 8.42 Å². The van der Waals surface area contributed by atoms with Crippen LogP contribution in [0.2, 0.25) is 0 Å². The van der Waals surface area contributed by atoms with Gasteiger partial charge in [-0.3, -0.25) is 0 Å². The number of benzene rings is 1. The number of anilines is 1. The van der Waals surface area contributed by atoms with E-state index >= 15 is 0 Å². The lowest BCUT2D eigenvalue weighted by Crippen LogP contribution is -2.14. The summed E-state index contributed by atoms with van der Waals surface area (Å²) in [5.74, 6) is 0.0192. The Labute approximate surface area is 115 Å². The fraction of sp³-hybridized carbons (Fsp3) is 0.500. The van der Waals surface area contributed by atoms with Crippen LogP contribution in [0.1, 0.15) is 32.3 Å². The van der Waals surface area contributed by atoms with Crippen molar-refractivity contribution in [2.24, 2.45) is 5.41 Å². The molecule has 0 bridgehead atoms. The zero-order valence-corrected chi connectivity index (χ0v) is 12.4. The average Bonchev–Trinajstić information content (AvgIpc) is 2.27. The van der Waals surface area contributed by atoms with Gasteiger partial charge in [0, 0.05) is 0 Å². The highest BCUT2D eigenvalue weighted by Gasteiger charge is 2.21. The highest BCUT2D eigenvalue weighted by atomic mass is 32.2. The van der Waals surface area contributed by atoms with E-state index in [-0.39, 0.29) is 10.6 Å². The first-order valence-electron chi connectivity index (χ1n) is 6.18. The van der Waals surface area contributed by atoms with E-state index in [0.29, 0.717) is 18.5 Å². The molecule has 1 rings (SSSR count). The molecule has 4 nitrogen and oxygen atoms in total. The van der Waals surface area contributed by atoms with Crippen molar-refractivity contribution < 1.29 is 8.42 Å². The standard InChI is InChI=1S/C14H20N2O2S/c1-11-5-6-13(12(16)9-11)19(17,18)8-4-7-14(2,3)10-15/h5-6,9H,4,7-8,16H2,1-3H3. The van der Waals surface area contributed by atoms with Crippen LogP contribution >= 0.6 is 0 Å². The fourth-order valence-electron chi connectivity index (χ4n) is 1.82. The van der Waals surface area contributed by atoms with Crippen molar-refractivity contribution in [2.75, 3.05) is 11.5 Å². The van der Waals surface area contributed by atoms with Crippen LogP contribution in [0.3, 0.4) is 0 Å². The molecule has 0 unspecified atom stereocenters. The summed E-state index contributed by atoms with van der Waals surface area (Å²) >= 11 is 0. The predicted octanol–water partition coefficient (Wildman–Crippen LogP) is 2.68. The quantitative estimate of drug-likeness (QED) is 0.840. The van der Waals surface area contributed by atoms with E-state index in [1.165, 1.54) is 0 Å². The molecular formula is C14H20N2O2S. The van der Waals surface area contributed by atoms with Gasteiger partial charge in [0.1, 0.15) is 0 Å². The molecule has 0 radical (unpaired) electrons. The molecule has 104 valence electrons. The van der Waals surface area contributed by atoms with Gasteiger partial charge in [-0.05, 0) is 51.3 Å². The van der Waals surface area contributed by atoms with E-state index in [1.807, 2.05) is 6.92 Å². The van der Waals surface area contributed by atoms with Crippen molar-refractivity contribution in [3.8, 4) is 6.07 Å². The third kappa shape index (κ3) is 4.25. The van der Waals surface area contributed by atoms with Crippen LogP contribution in [0.4, 0.5) is 5.69 Å². The van der Waals surface area contributed by atoms with Crippen LogP contribution in [0, 0.1) is 23.7 Å². The lowest BCUT2D eigenvalue weighted by molar-refractivity contribution is 0.445. The zero-order valence-electron chi connectivity index (χ0n) is 11.6. The fourth-order valence-corrected chi connectivity index (χ4v) is 3.26. The number of nitrogen functional groups attached to an aromatic ring is 1. The summed E-state index contributed by atoms with van der Waals surface area (Å²) in [5, 5.41) is 8.90. The number of hydrogen-bond acceptors (Lipinski definition) is 4. The van der Waals surface area contributed by atoms with Crippen LogP contribution in [0.15, 0.2) is 23.1 Å². The summed E-state index contributed by atoms with van der Waals surface area (Å²) in [7, 11) is -3.37. The van der Waals surface area contributed by atoms with E-state index in [4.69, 9.17) is 11.0 Å². The summed E-state index contributed by atoms with van der Waals surface area (Å²) in [5.41, 5.74) is 6.49. The monoisotopic (exact) mass is 280 g/mol. The Kier molecular flexibility index (Phi) is 4.59. The second-order valence-corrected chi connectivity index (χ2v) is 7.54. The molecule has 5 heteroatoms. The molecule has 0 saturated carbocycles. The number of rotatable bonds is 5. The molecule has 0 atom stereocenters. The van der Waals surface area contributed by atoms with Crippen molar-refractivity contribution in [2.45, 2.75) is 38.5 Å². The minimum atomic E-state index is -3.37. The minimum absolute atomic E-state index is 0.0192. The Bertz CT molecular complexity index is 598. The number of hydrogen-bond donors (Lipinski definition) is 1. The number of nitriles is 1. The maximum Gasteiger partial charge on any atom is 0.180 e. The number of nitrogens with two attached hydrogens (primary N) is 1. The van der Waals surface area contributed by atoms with E-state index < -0.39 is 15.3 Å². The third-order valence-corrected chi connectivity index (χ3v) is 4.89. The Balaban J connectivity index is 2.80. The first kappa shape index (κ1) is 15.5. The average molecular weight is 280 g/mol. The molecule has 0 aliphatic carbocycles. The van der Waals surface area contributed by atoms with Crippen LogP contribution in [0.25, 0.3) is 0 Å². The largest absolute Gasteiger partial charge is 0.398 e. The molecular weight excluding hydrogens is 260 g/mol. The van der Waals surface area contributed by atoms with Crippen molar-refractivity contribution in [1.29, 1.82) is 5.26 Å². The van der Waals surface area contributed by atoms with Gasteiger partial charge in [0.05, 0.1) is 27.8 Å². The van der Waals surface area contributed by atoms with Crippen LogP contribution in [-0.4, -0.2) is 14.2 Å². The number of aryl methyl sites for hydroxylation is 1. The molecule has 0 aromatic heterocycles. The minimum Gasteiger partial charge on any atom is -0.398 e. The molecule has 2 N–H and O–H groups in total. The first-order chi connectivity index (χ1) is 8.68. The smallest absolute Gasteiger partial charge is 0.180 e. The molecule has 0 fully saturated rings. The van der Waals surface area contributed by atoms with Crippen molar-refractivity contribution >= 4 is 15.5 Å². The van der Waals surface area contributed by atoms with E-state index in [2.05, 4.69) is 6.07 Å². The predicted molar refractivity (Wildman–Crippen MR) is 76.3 cm³/mol. The molecule has 1 aromatic carbocycles. The van der Waals surface area contributed by atoms with E-state index in [9.17, 15) is 8.42 Å². The Hall–Kier alpha value is -1.54. The van der Waals surface area contributed by atoms with Gasteiger partial charge in [-0.1, -0.05) is 6.07 Å². The molecule has 0 amide bonds. The summed E-state index contributed by atoms with van der Waals surface area (Å²) in [6, 6.07) is 7.12. The maximum absolute atomic E-state index is 12.2. The summed E-state index contributed by atoms with van der Waals surface area (Å²) < 4.78 is 24.4. The molecule has 0 aliphatic heterocycles. The number of nitrogens with zero attached hydrogens (tertiary/aromatic N) is 1. The molecule has 1 aromatic rings. The Morgan fingerprint density at radius 3 is 2.53 bits per heavy atom. The van der Waals surface area contributed by atoms with Gasteiger partial charge in [-0.2, -0.15) is 5.26 Å².